The number of likely N-dealkylation sites (N-methyl/N-ethyl adjacent to an activating group) is 1. The number of aryl methyl sites for hydroxylation is 1. The molecule has 1 rings (SSSR count). The molecule has 19 heavy (non-hydrogen) atoms. The molecule has 0 bridgehead atoms. The fourth-order valence-corrected chi connectivity index (χ4v) is 1.85. The standard InChI is InChI=1S/C15H23NO3/c1-11-5-6-13(15(9-11)19-4)14(18)10-16(3)8-7-12(2)17/h5-6,9,12,17H,7-8,10H2,1-4H3. The molecule has 0 saturated heterocycles. The summed E-state index contributed by atoms with van der Waals surface area (Å²) in [6, 6.07) is 5.58. The quantitative estimate of drug-likeness (QED) is 0.765. The van der Waals surface area contributed by atoms with Crippen molar-refractivity contribution >= 4 is 5.78 Å². The molecule has 106 valence electrons. The second-order valence-electron chi connectivity index (χ2n) is 5.00. The second kappa shape index (κ2) is 7.26. The van der Waals surface area contributed by atoms with Crippen molar-refractivity contribution in [1.29, 1.82) is 0 Å². The number of ether oxygens (including phenoxy) is 1. The summed E-state index contributed by atoms with van der Waals surface area (Å²) in [5, 5.41) is 9.23. The summed E-state index contributed by atoms with van der Waals surface area (Å²) >= 11 is 0. The van der Waals surface area contributed by atoms with E-state index in [4.69, 9.17) is 4.74 Å². The lowest BCUT2D eigenvalue weighted by molar-refractivity contribution is 0.0928. The van der Waals surface area contributed by atoms with Gasteiger partial charge in [-0.25, -0.2) is 0 Å². The van der Waals surface area contributed by atoms with Crippen LogP contribution in [0, 0.1) is 6.92 Å². The third-order valence-corrected chi connectivity index (χ3v) is 3.00. The predicted molar refractivity (Wildman–Crippen MR) is 75.9 cm³/mol. The van der Waals surface area contributed by atoms with Gasteiger partial charge in [0.05, 0.1) is 25.3 Å². The molecule has 1 aromatic carbocycles. The zero-order valence-corrected chi connectivity index (χ0v) is 12.1. The van der Waals surface area contributed by atoms with Gasteiger partial charge in [-0.05, 0) is 45.0 Å². The van der Waals surface area contributed by atoms with Crippen LogP contribution in [0.25, 0.3) is 0 Å². The molecular formula is C15H23NO3. The third kappa shape index (κ3) is 5.01. The summed E-state index contributed by atoms with van der Waals surface area (Å²) in [4.78, 5) is 14.1. The average molecular weight is 265 g/mol. The molecule has 1 N–H and O–H groups in total. The normalized spacial score (nSPS) is 12.5. The van der Waals surface area contributed by atoms with E-state index in [0.717, 1.165) is 5.56 Å². The van der Waals surface area contributed by atoms with Gasteiger partial charge in [-0.15, -0.1) is 0 Å². The number of hydrogen-bond acceptors (Lipinski definition) is 4. The van der Waals surface area contributed by atoms with Crippen molar-refractivity contribution in [2.24, 2.45) is 0 Å². The van der Waals surface area contributed by atoms with Crippen LogP contribution in [-0.2, 0) is 0 Å². The minimum atomic E-state index is -0.341. The zero-order chi connectivity index (χ0) is 14.4. The molecule has 0 radical (unpaired) electrons. The molecule has 4 nitrogen and oxygen atoms in total. The third-order valence-electron chi connectivity index (χ3n) is 3.00. The summed E-state index contributed by atoms with van der Waals surface area (Å²) in [6.07, 6.45) is 0.320. The highest BCUT2D eigenvalue weighted by Crippen LogP contribution is 2.20. The Morgan fingerprint density at radius 2 is 2.16 bits per heavy atom. The van der Waals surface area contributed by atoms with Crippen molar-refractivity contribution in [1.82, 2.24) is 4.90 Å². The smallest absolute Gasteiger partial charge is 0.180 e. The maximum atomic E-state index is 12.2. The molecule has 0 aliphatic carbocycles. The van der Waals surface area contributed by atoms with Crippen molar-refractivity contribution in [3.8, 4) is 5.75 Å². The fourth-order valence-electron chi connectivity index (χ4n) is 1.85. The number of nitrogens with zero attached hydrogens (tertiary/aromatic N) is 1. The number of hydrogen-bond donors (Lipinski definition) is 1. The van der Waals surface area contributed by atoms with E-state index < -0.39 is 0 Å². The highest BCUT2D eigenvalue weighted by molar-refractivity contribution is 6.00. The molecular weight excluding hydrogens is 242 g/mol. The van der Waals surface area contributed by atoms with E-state index in [1.807, 2.05) is 31.0 Å². The molecule has 0 heterocycles. The number of benzene rings is 1. The summed E-state index contributed by atoms with van der Waals surface area (Å²) in [5.74, 6) is 0.652. The van der Waals surface area contributed by atoms with Crippen LogP contribution in [-0.4, -0.2) is 49.1 Å². The van der Waals surface area contributed by atoms with Crippen LogP contribution >= 0.6 is 0 Å². The number of carbonyl (C=O) groups is 1. The Morgan fingerprint density at radius 3 is 2.74 bits per heavy atom. The van der Waals surface area contributed by atoms with E-state index in [2.05, 4.69) is 0 Å². The van der Waals surface area contributed by atoms with Crippen LogP contribution < -0.4 is 4.74 Å². The Bertz CT molecular complexity index is 429. The largest absolute Gasteiger partial charge is 0.496 e. The van der Waals surface area contributed by atoms with Gasteiger partial charge in [-0.2, -0.15) is 0 Å². The van der Waals surface area contributed by atoms with Gasteiger partial charge >= 0.3 is 0 Å². The number of methoxy groups -OCH3 is 1. The zero-order valence-electron chi connectivity index (χ0n) is 12.1. The number of rotatable bonds is 7. The van der Waals surface area contributed by atoms with Gasteiger partial charge in [0, 0.05) is 6.54 Å². The van der Waals surface area contributed by atoms with E-state index in [-0.39, 0.29) is 11.9 Å². The van der Waals surface area contributed by atoms with E-state index >= 15 is 0 Å². The number of carbonyl (C=O) groups excluding carboxylic acids is 1. The molecule has 0 fully saturated rings. The van der Waals surface area contributed by atoms with E-state index in [9.17, 15) is 9.90 Å². The lowest BCUT2D eigenvalue weighted by Gasteiger charge is -2.17. The maximum Gasteiger partial charge on any atom is 0.180 e. The van der Waals surface area contributed by atoms with Gasteiger partial charge < -0.3 is 9.84 Å². The molecule has 1 unspecified atom stereocenters. The van der Waals surface area contributed by atoms with Gasteiger partial charge in [0.15, 0.2) is 5.78 Å². The summed E-state index contributed by atoms with van der Waals surface area (Å²) < 4.78 is 5.25. The highest BCUT2D eigenvalue weighted by atomic mass is 16.5. The molecule has 0 aliphatic heterocycles. The van der Waals surface area contributed by atoms with Gasteiger partial charge in [-0.3, -0.25) is 9.69 Å². The monoisotopic (exact) mass is 265 g/mol. The molecule has 1 atom stereocenters. The van der Waals surface area contributed by atoms with E-state index in [1.54, 1.807) is 20.1 Å². The molecule has 0 aliphatic rings. The summed E-state index contributed by atoms with van der Waals surface area (Å²) in [5.41, 5.74) is 1.67. The van der Waals surface area contributed by atoms with Crippen LogP contribution in [0.4, 0.5) is 0 Å². The molecule has 4 heteroatoms. The minimum Gasteiger partial charge on any atom is -0.496 e. The average Bonchev–Trinajstić information content (AvgIpc) is 2.35. The molecule has 1 aromatic rings. The summed E-state index contributed by atoms with van der Waals surface area (Å²) in [6.45, 7) is 4.73. The molecule has 0 spiro atoms. The first-order valence-corrected chi connectivity index (χ1v) is 6.48. The number of aliphatic hydroxyl groups is 1. The van der Waals surface area contributed by atoms with Crippen molar-refractivity contribution in [2.45, 2.75) is 26.4 Å². The topological polar surface area (TPSA) is 49.8 Å². The van der Waals surface area contributed by atoms with Crippen LogP contribution in [0.2, 0.25) is 0 Å². The second-order valence-corrected chi connectivity index (χ2v) is 5.00. The first-order chi connectivity index (χ1) is 8.93. The van der Waals surface area contributed by atoms with Crippen molar-refractivity contribution in [3.63, 3.8) is 0 Å². The van der Waals surface area contributed by atoms with Crippen LogP contribution in [0.15, 0.2) is 18.2 Å². The number of ketones is 1. The van der Waals surface area contributed by atoms with Gasteiger partial charge in [0.1, 0.15) is 5.75 Å². The van der Waals surface area contributed by atoms with Gasteiger partial charge in [-0.1, -0.05) is 6.07 Å². The number of Topliss-reactive ketones (excluding diaryl/α,β-unsaturated/α-hetero) is 1. The van der Waals surface area contributed by atoms with E-state index in [1.165, 1.54) is 0 Å². The summed E-state index contributed by atoms with van der Waals surface area (Å²) in [7, 11) is 3.45. The van der Waals surface area contributed by atoms with Crippen molar-refractivity contribution < 1.29 is 14.6 Å². The van der Waals surface area contributed by atoms with Crippen LogP contribution in [0.5, 0.6) is 5.75 Å². The fraction of sp³-hybridized carbons (Fsp3) is 0.533. The first-order valence-electron chi connectivity index (χ1n) is 6.48. The number of aliphatic hydroxyl groups excluding tert-OH is 1. The van der Waals surface area contributed by atoms with Gasteiger partial charge in [0.2, 0.25) is 0 Å². The first kappa shape index (κ1) is 15.7. The molecule has 0 saturated carbocycles. The minimum absolute atomic E-state index is 0.0324. The Hall–Kier alpha value is -1.39. The maximum absolute atomic E-state index is 12.2. The molecule has 0 amide bonds. The predicted octanol–water partition coefficient (Wildman–Crippen LogP) is 1.89. The Balaban J connectivity index is 2.67. The van der Waals surface area contributed by atoms with E-state index in [0.29, 0.717) is 30.8 Å². The Kier molecular flexibility index (Phi) is 5.99. The van der Waals surface area contributed by atoms with Crippen molar-refractivity contribution in [2.75, 3.05) is 27.2 Å². The SMILES string of the molecule is COc1cc(C)ccc1C(=O)CN(C)CCC(C)O. The van der Waals surface area contributed by atoms with Gasteiger partial charge in [0.25, 0.3) is 0 Å². The van der Waals surface area contributed by atoms with Crippen molar-refractivity contribution in [3.05, 3.63) is 29.3 Å². The highest BCUT2D eigenvalue weighted by Gasteiger charge is 2.14. The Morgan fingerprint density at radius 1 is 1.47 bits per heavy atom. The van der Waals surface area contributed by atoms with Crippen LogP contribution in [0.1, 0.15) is 29.3 Å². The molecule has 0 aromatic heterocycles. The lowest BCUT2D eigenvalue weighted by Crippen LogP contribution is -2.28. The Labute approximate surface area is 115 Å². The lowest BCUT2D eigenvalue weighted by atomic mass is 10.1. The van der Waals surface area contributed by atoms with Crippen LogP contribution in [0.3, 0.4) is 0 Å².